The Kier molecular flexibility index (Phi) is 3.28. The van der Waals surface area contributed by atoms with Crippen molar-refractivity contribution in [2.75, 3.05) is 7.11 Å². The quantitative estimate of drug-likeness (QED) is 0.849. The van der Waals surface area contributed by atoms with Crippen LogP contribution in [0.25, 0.3) is 0 Å². The van der Waals surface area contributed by atoms with E-state index in [1.807, 2.05) is 12.1 Å². The summed E-state index contributed by atoms with van der Waals surface area (Å²) in [6.45, 7) is 6.56. The van der Waals surface area contributed by atoms with Gasteiger partial charge in [-0.05, 0) is 34.9 Å². The first-order chi connectivity index (χ1) is 7.95. The molecule has 0 bridgehead atoms. The lowest BCUT2D eigenvalue weighted by Crippen LogP contribution is -2.21. The molecule has 2 nitrogen and oxygen atoms in total. The van der Waals surface area contributed by atoms with Gasteiger partial charge in [-0.3, -0.25) is 0 Å². The number of fused-ring (bicyclic) bond motifs is 1. The Morgan fingerprint density at radius 2 is 2.06 bits per heavy atom. The van der Waals surface area contributed by atoms with Crippen molar-refractivity contribution in [3.63, 3.8) is 0 Å². The maximum atomic E-state index is 9.92. The summed E-state index contributed by atoms with van der Waals surface area (Å²) in [5.41, 5.74) is 3.70. The van der Waals surface area contributed by atoms with Gasteiger partial charge in [0.05, 0.1) is 12.2 Å². The van der Waals surface area contributed by atoms with E-state index in [-0.39, 0.29) is 17.6 Å². The molecule has 0 saturated heterocycles. The van der Waals surface area contributed by atoms with E-state index in [1.54, 1.807) is 7.11 Å². The fraction of sp³-hybridized carbons (Fsp3) is 0.600. The fourth-order valence-corrected chi connectivity index (χ4v) is 2.85. The molecule has 1 N–H and O–H groups in total. The molecule has 1 aromatic carbocycles. The van der Waals surface area contributed by atoms with Crippen LogP contribution in [0.1, 0.15) is 56.1 Å². The second-order valence-electron chi connectivity index (χ2n) is 5.95. The van der Waals surface area contributed by atoms with Crippen LogP contribution in [-0.2, 0) is 11.2 Å². The van der Waals surface area contributed by atoms with Crippen LogP contribution >= 0.6 is 0 Å². The summed E-state index contributed by atoms with van der Waals surface area (Å²) >= 11 is 0. The van der Waals surface area contributed by atoms with Gasteiger partial charge in [0, 0.05) is 7.11 Å². The molecule has 0 aromatic heterocycles. The second-order valence-corrected chi connectivity index (χ2v) is 5.95. The summed E-state index contributed by atoms with van der Waals surface area (Å²) in [6.07, 6.45) is 1.60. The summed E-state index contributed by atoms with van der Waals surface area (Å²) in [6, 6.07) is 6.20. The highest BCUT2D eigenvalue weighted by atomic mass is 16.5. The van der Waals surface area contributed by atoms with Gasteiger partial charge in [0.15, 0.2) is 0 Å². The third kappa shape index (κ3) is 2.24. The van der Waals surface area contributed by atoms with E-state index in [1.165, 1.54) is 11.1 Å². The summed E-state index contributed by atoms with van der Waals surface area (Å²) in [4.78, 5) is 0. The van der Waals surface area contributed by atoms with Gasteiger partial charge in [0.1, 0.15) is 0 Å². The van der Waals surface area contributed by atoms with Crippen LogP contribution in [0, 0.1) is 5.41 Å². The molecule has 2 unspecified atom stereocenters. The number of benzene rings is 1. The molecule has 0 saturated carbocycles. The molecular formula is C15H22O2. The average Bonchev–Trinajstić information content (AvgIpc) is 2.61. The highest BCUT2D eigenvalue weighted by molar-refractivity contribution is 5.41. The molecule has 0 aliphatic heterocycles. The zero-order chi connectivity index (χ0) is 12.6. The minimum atomic E-state index is -0.289. The Labute approximate surface area is 104 Å². The molecule has 1 aromatic rings. The monoisotopic (exact) mass is 234 g/mol. The summed E-state index contributed by atoms with van der Waals surface area (Å²) in [5.74, 6) is 0. The fourth-order valence-electron chi connectivity index (χ4n) is 2.85. The van der Waals surface area contributed by atoms with Gasteiger partial charge >= 0.3 is 0 Å². The lowest BCUT2D eigenvalue weighted by atomic mass is 9.82. The third-order valence-electron chi connectivity index (χ3n) is 3.58. The van der Waals surface area contributed by atoms with Gasteiger partial charge in [-0.1, -0.05) is 39.0 Å². The smallest absolute Gasteiger partial charge is 0.0872 e. The first kappa shape index (κ1) is 12.6. The molecule has 2 rings (SSSR count). The number of aliphatic hydroxyl groups excluding tert-OH is 1. The van der Waals surface area contributed by atoms with E-state index < -0.39 is 0 Å². The number of hydrogen-bond acceptors (Lipinski definition) is 2. The topological polar surface area (TPSA) is 29.5 Å². The highest BCUT2D eigenvalue weighted by Gasteiger charge is 2.31. The van der Waals surface area contributed by atoms with E-state index in [9.17, 15) is 5.11 Å². The van der Waals surface area contributed by atoms with E-state index >= 15 is 0 Å². The Morgan fingerprint density at radius 3 is 2.65 bits per heavy atom. The number of rotatable bonds is 2. The molecule has 0 radical (unpaired) electrons. The molecule has 0 spiro atoms. The van der Waals surface area contributed by atoms with Crippen LogP contribution in [0.4, 0.5) is 0 Å². The maximum Gasteiger partial charge on any atom is 0.0872 e. The predicted molar refractivity (Wildman–Crippen MR) is 68.9 cm³/mol. The van der Waals surface area contributed by atoms with Gasteiger partial charge in [-0.15, -0.1) is 0 Å². The van der Waals surface area contributed by atoms with Gasteiger partial charge in [0.2, 0.25) is 0 Å². The van der Waals surface area contributed by atoms with Gasteiger partial charge < -0.3 is 9.84 Å². The normalized spacial score (nSPS) is 21.4. The molecule has 2 atom stereocenters. The second kappa shape index (κ2) is 4.43. The first-order valence-electron chi connectivity index (χ1n) is 6.27. The number of methoxy groups -OCH3 is 1. The van der Waals surface area contributed by atoms with Crippen LogP contribution in [0.2, 0.25) is 0 Å². The van der Waals surface area contributed by atoms with Crippen LogP contribution in [0.15, 0.2) is 18.2 Å². The zero-order valence-electron chi connectivity index (χ0n) is 11.2. The van der Waals surface area contributed by atoms with Gasteiger partial charge in [0.25, 0.3) is 0 Å². The van der Waals surface area contributed by atoms with Crippen molar-refractivity contribution in [2.45, 2.75) is 45.8 Å². The van der Waals surface area contributed by atoms with Crippen molar-refractivity contribution < 1.29 is 9.84 Å². The number of hydrogen-bond donors (Lipinski definition) is 1. The van der Waals surface area contributed by atoms with E-state index in [0.717, 1.165) is 18.4 Å². The number of aliphatic hydroxyl groups is 1. The standard InChI is InChI=1S/C15H22O2/c1-15(2,3)14(17-4)12-7-5-6-11-10(12)8-9-13(11)16/h5-7,13-14,16H,8-9H2,1-4H3. The van der Waals surface area contributed by atoms with Crippen molar-refractivity contribution >= 4 is 0 Å². The molecule has 1 aliphatic carbocycles. The highest BCUT2D eigenvalue weighted by Crippen LogP contribution is 2.42. The number of ether oxygens (including phenoxy) is 1. The zero-order valence-corrected chi connectivity index (χ0v) is 11.2. The maximum absolute atomic E-state index is 9.92. The SMILES string of the molecule is COC(c1cccc2c1CCC2O)C(C)(C)C. The molecule has 94 valence electrons. The van der Waals surface area contributed by atoms with Crippen LogP contribution in [0.3, 0.4) is 0 Å². The minimum absolute atomic E-state index is 0.0669. The summed E-state index contributed by atoms with van der Waals surface area (Å²) in [7, 11) is 1.76. The minimum Gasteiger partial charge on any atom is -0.388 e. The predicted octanol–water partition coefficient (Wildman–Crippen LogP) is 3.40. The molecule has 2 heteroatoms. The molecule has 0 fully saturated rings. The molecule has 0 amide bonds. The van der Waals surface area contributed by atoms with Crippen LogP contribution in [-0.4, -0.2) is 12.2 Å². The average molecular weight is 234 g/mol. The van der Waals surface area contributed by atoms with Crippen molar-refractivity contribution in [3.05, 3.63) is 34.9 Å². The molecular weight excluding hydrogens is 212 g/mol. The lowest BCUT2D eigenvalue weighted by molar-refractivity contribution is 0.0146. The third-order valence-corrected chi connectivity index (χ3v) is 3.58. The van der Waals surface area contributed by atoms with Crippen molar-refractivity contribution in [3.8, 4) is 0 Å². The van der Waals surface area contributed by atoms with E-state index in [0.29, 0.717) is 0 Å². The van der Waals surface area contributed by atoms with Gasteiger partial charge in [-0.2, -0.15) is 0 Å². The molecule has 0 heterocycles. The Balaban J connectivity index is 2.46. The first-order valence-corrected chi connectivity index (χ1v) is 6.27. The van der Waals surface area contributed by atoms with E-state index in [2.05, 4.69) is 26.8 Å². The summed E-state index contributed by atoms with van der Waals surface area (Å²) in [5, 5.41) is 9.92. The van der Waals surface area contributed by atoms with Crippen LogP contribution in [0.5, 0.6) is 0 Å². The summed E-state index contributed by atoms with van der Waals surface area (Å²) < 4.78 is 5.68. The largest absolute Gasteiger partial charge is 0.388 e. The Hall–Kier alpha value is -0.860. The van der Waals surface area contributed by atoms with E-state index in [4.69, 9.17) is 4.74 Å². The lowest BCUT2D eigenvalue weighted by Gasteiger charge is -2.31. The van der Waals surface area contributed by atoms with Crippen molar-refractivity contribution in [1.82, 2.24) is 0 Å². The van der Waals surface area contributed by atoms with Crippen molar-refractivity contribution in [1.29, 1.82) is 0 Å². The Bertz CT molecular complexity index is 404. The molecule has 17 heavy (non-hydrogen) atoms. The van der Waals surface area contributed by atoms with Crippen LogP contribution < -0.4 is 0 Å². The van der Waals surface area contributed by atoms with Gasteiger partial charge in [-0.25, -0.2) is 0 Å². The van der Waals surface area contributed by atoms with Crippen molar-refractivity contribution in [2.24, 2.45) is 5.41 Å². The Morgan fingerprint density at radius 1 is 1.35 bits per heavy atom. The molecule has 1 aliphatic rings.